The number of hydrogen-bond donors (Lipinski definition) is 0. The number of ether oxygens (including phenoxy) is 1. The Balaban J connectivity index is 0.00000533. The second-order valence-corrected chi connectivity index (χ2v) is 15.0. The monoisotopic (exact) mass is 566 g/mol. The molecule has 0 aliphatic rings. The molecule has 0 saturated heterocycles. The summed E-state index contributed by atoms with van der Waals surface area (Å²) in [6, 6.07) is 19.9. The van der Waals surface area contributed by atoms with Gasteiger partial charge >= 0.3 is 5.97 Å². The maximum Gasteiger partial charge on any atom is 0.310 e. The number of esters is 1. The molecule has 0 radical (unpaired) electrons. The van der Waals surface area contributed by atoms with E-state index in [4.69, 9.17) is 4.74 Å². The van der Waals surface area contributed by atoms with Crippen LogP contribution in [0, 0.1) is 37.5 Å². The Morgan fingerprint density at radius 1 is 0.769 bits per heavy atom. The highest BCUT2D eigenvalue weighted by molar-refractivity contribution is 7.93. The summed E-state index contributed by atoms with van der Waals surface area (Å²) in [6.07, 6.45) is 0. The Bertz CT molecular complexity index is 1310. The highest BCUT2D eigenvalue weighted by Gasteiger charge is 2.42. The molecule has 0 amide bonds. The maximum atomic E-state index is 14.8. The van der Waals surface area contributed by atoms with Crippen molar-refractivity contribution >= 4 is 39.1 Å². The minimum Gasteiger partial charge on any atom is -0.461 e. The van der Waals surface area contributed by atoms with Crippen molar-refractivity contribution < 1.29 is 18.9 Å². The Morgan fingerprint density at radius 3 is 1.62 bits per heavy atom. The van der Waals surface area contributed by atoms with Crippen molar-refractivity contribution in [1.82, 2.24) is 0 Å². The zero-order valence-electron chi connectivity index (χ0n) is 24.9. The zero-order valence-corrected chi connectivity index (χ0v) is 27.2. The number of carbonyl (C=O) groups is 2. The van der Waals surface area contributed by atoms with Crippen molar-refractivity contribution in [2.24, 2.45) is 16.7 Å². The third-order valence-corrected chi connectivity index (χ3v) is 10.0. The Morgan fingerprint density at radius 2 is 1.21 bits per heavy atom. The molecule has 39 heavy (non-hydrogen) atoms. The van der Waals surface area contributed by atoms with E-state index in [1.54, 1.807) is 48.5 Å². The summed E-state index contributed by atoms with van der Waals surface area (Å²) in [5.74, 6) is -0.560. The molecule has 0 aromatic heterocycles. The van der Waals surface area contributed by atoms with Gasteiger partial charge in [0.2, 0.25) is 12.7 Å². The van der Waals surface area contributed by atoms with Crippen LogP contribution in [0.1, 0.15) is 74.2 Å². The molecule has 0 aliphatic carbocycles. The van der Waals surface area contributed by atoms with E-state index in [-0.39, 0.29) is 39.2 Å². The molecule has 0 spiro atoms. The van der Waals surface area contributed by atoms with Crippen molar-refractivity contribution in [1.29, 1.82) is 0 Å². The van der Waals surface area contributed by atoms with Crippen LogP contribution >= 0.6 is 17.0 Å². The lowest BCUT2D eigenvalue weighted by atomic mass is 9.67. The largest absolute Gasteiger partial charge is 0.461 e. The van der Waals surface area contributed by atoms with Gasteiger partial charge in [0.25, 0.3) is 0 Å². The molecular weight excluding hydrogens is 522 g/mol. The number of carbonyl (C=O) groups excluding carboxylic acids is 2. The first-order chi connectivity index (χ1) is 17.6. The van der Waals surface area contributed by atoms with E-state index in [0.717, 1.165) is 16.7 Å². The van der Waals surface area contributed by atoms with Crippen molar-refractivity contribution in [2.75, 3.05) is 0 Å². The standard InChI is InChI=1S/C33H41O4P.H3P/c1-22-20-23(2)28(24(3)27(22)21-37-30(34)29(32(4,5)6)33(7,8)9)31(35)38(36,25-16-12-10-13-17-25)26-18-14-11-15-19-26;/h10-20,29H,21H2,1-9H3;1H3. The van der Waals surface area contributed by atoms with Crippen LogP contribution in [0.15, 0.2) is 66.7 Å². The fraction of sp³-hybridized carbons (Fsp3) is 0.394. The minimum atomic E-state index is -3.67. The summed E-state index contributed by atoms with van der Waals surface area (Å²) in [7, 11) is -3.67. The fourth-order valence-corrected chi connectivity index (χ4v) is 8.44. The van der Waals surface area contributed by atoms with E-state index >= 15 is 0 Å². The molecule has 3 rings (SSSR count). The zero-order chi connectivity index (χ0) is 28.5. The van der Waals surface area contributed by atoms with E-state index < -0.39 is 12.7 Å². The molecule has 1 unspecified atom stereocenters. The first-order valence-electron chi connectivity index (χ1n) is 13.1. The summed E-state index contributed by atoms with van der Waals surface area (Å²) in [5, 5.41) is 1.00. The van der Waals surface area contributed by atoms with Crippen LogP contribution in [0.2, 0.25) is 0 Å². The van der Waals surface area contributed by atoms with Gasteiger partial charge in [0.1, 0.15) is 6.61 Å². The highest BCUT2D eigenvalue weighted by atomic mass is 31.2. The molecule has 0 aliphatic heterocycles. The number of hydrogen-bond acceptors (Lipinski definition) is 4. The predicted molar refractivity (Wildman–Crippen MR) is 168 cm³/mol. The summed E-state index contributed by atoms with van der Waals surface area (Å²) < 4.78 is 20.7. The van der Waals surface area contributed by atoms with Gasteiger partial charge in [0, 0.05) is 16.2 Å². The van der Waals surface area contributed by atoms with Crippen LogP contribution in [0.5, 0.6) is 0 Å². The molecule has 0 heterocycles. The molecular formula is C33H44O4P2. The smallest absolute Gasteiger partial charge is 0.310 e. The average molecular weight is 567 g/mol. The van der Waals surface area contributed by atoms with E-state index in [0.29, 0.717) is 21.7 Å². The molecule has 6 heteroatoms. The van der Waals surface area contributed by atoms with Gasteiger partial charge < -0.3 is 9.30 Å². The van der Waals surface area contributed by atoms with Crippen LogP contribution in [0.4, 0.5) is 0 Å². The van der Waals surface area contributed by atoms with Crippen LogP contribution in [0.25, 0.3) is 0 Å². The van der Waals surface area contributed by atoms with Gasteiger partial charge in [-0.25, -0.2) is 0 Å². The molecule has 4 nitrogen and oxygen atoms in total. The van der Waals surface area contributed by atoms with Crippen LogP contribution in [-0.4, -0.2) is 11.5 Å². The summed E-state index contributed by atoms with van der Waals surface area (Å²) in [6.45, 7) is 18.0. The van der Waals surface area contributed by atoms with Crippen molar-refractivity contribution in [3.05, 3.63) is 94.5 Å². The lowest BCUT2D eigenvalue weighted by molar-refractivity contribution is -0.159. The Labute approximate surface area is 237 Å². The van der Waals surface area contributed by atoms with Gasteiger partial charge in [-0.15, -0.1) is 0 Å². The molecule has 0 fully saturated rings. The van der Waals surface area contributed by atoms with Crippen molar-refractivity contribution in [3.8, 4) is 0 Å². The second kappa shape index (κ2) is 12.3. The first-order valence-corrected chi connectivity index (χ1v) is 14.8. The molecule has 1 atom stereocenters. The van der Waals surface area contributed by atoms with E-state index in [1.807, 2.05) is 80.5 Å². The number of benzene rings is 3. The van der Waals surface area contributed by atoms with Crippen LogP contribution < -0.4 is 10.6 Å². The van der Waals surface area contributed by atoms with Gasteiger partial charge in [0.15, 0.2) is 0 Å². The van der Waals surface area contributed by atoms with Gasteiger partial charge in [-0.3, -0.25) is 9.59 Å². The SMILES string of the molecule is Cc1cc(C)c(C(=O)P(=O)(c2ccccc2)c2ccccc2)c(C)c1COC(=O)C(C(C)(C)C)C(C)(C)C.P. The second-order valence-electron chi connectivity index (χ2n) is 12.3. The highest BCUT2D eigenvalue weighted by Crippen LogP contribution is 2.48. The van der Waals surface area contributed by atoms with Crippen LogP contribution in [-0.2, 0) is 20.7 Å². The van der Waals surface area contributed by atoms with Gasteiger partial charge in [-0.2, -0.15) is 9.90 Å². The molecule has 0 N–H and O–H groups in total. The quantitative estimate of drug-likeness (QED) is 0.219. The molecule has 210 valence electrons. The van der Waals surface area contributed by atoms with E-state index in [1.165, 1.54) is 0 Å². The first kappa shape index (κ1) is 32.7. The van der Waals surface area contributed by atoms with Crippen LogP contribution in [0.3, 0.4) is 0 Å². The summed E-state index contributed by atoms with van der Waals surface area (Å²) in [4.78, 5) is 27.6. The van der Waals surface area contributed by atoms with Gasteiger partial charge in [-0.05, 0) is 53.9 Å². The summed E-state index contributed by atoms with van der Waals surface area (Å²) >= 11 is 0. The Hall–Kier alpha value is -2.54. The fourth-order valence-electron chi connectivity index (χ4n) is 5.83. The maximum absolute atomic E-state index is 14.8. The van der Waals surface area contributed by atoms with Gasteiger partial charge in [-0.1, -0.05) is 108 Å². The van der Waals surface area contributed by atoms with Crippen molar-refractivity contribution in [2.45, 2.75) is 68.9 Å². The third kappa shape index (κ3) is 6.79. The predicted octanol–water partition coefficient (Wildman–Crippen LogP) is 7.58. The minimum absolute atomic E-state index is 0. The van der Waals surface area contributed by atoms with Crippen molar-refractivity contribution in [3.63, 3.8) is 0 Å². The molecule has 3 aromatic carbocycles. The van der Waals surface area contributed by atoms with E-state index in [9.17, 15) is 14.2 Å². The molecule has 0 saturated carbocycles. The lowest BCUT2D eigenvalue weighted by Crippen LogP contribution is -2.40. The lowest BCUT2D eigenvalue weighted by Gasteiger charge is -2.38. The third-order valence-electron chi connectivity index (χ3n) is 7.20. The average Bonchev–Trinajstić information content (AvgIpc) is 2.82. The van der Waals surface area contributed by atoms with E-state index in [2.05, 4.69) is 0 Å². The Kier molecular flexibility index (Phi) is 10.3. The number of aryl methyl sites for hydroxylation is 2. The van der Waals surface area contributed by atoms with Gasteiger partial charge in [0.05, 0.1) is 5.92 Å². The summed E-state index contributed by atoms with van der Waals surface area (Å²) in [5.41, 5.74) is 2.66. The number of rotatable bonds is 7. The normalized spacial score (nSPS) is 12.2. The molecule has 0 bridgehead atoms. The topological polar surface area (TPSA) is 60.4 Å². The molecule has 3 aromatic rings.